The average Bonchev–Trinajstić information content (AvgIpc) is 2.60. The molecule has 0 bridgehead atoms. The molecule has 6 nitrogen and oxygen atoms in total. The monoisotopic (exact) mass is 380 g/mol. The Bertz CT molecular complexity index is 625. The number of alkyl halides is 1. The SMILES string of the molecule is CC(C)(C)OC(=O)N1CCCC(CNc2ccc(N=C(N)CCl)cc2)C1. The molecule has 1 amide bonds. The third-order valence-corrected chi connectivity index (χ3v) is 4.32. The minimum atomic E-state index is -0.459. The van der Waals surface area contributed by atoms with Crippen LogP contribution < -0.4 is 11.1 Å². The van der Waals surface area contributed by atoms with Gasteiger partial charge in [-0.25, -0.2) is 9.79 Å². The van der Waals surface area contributed by atoms with Gasteiger partial charge in [-0.2, -0.15) is 0 Å². The van der Waals surface area contributed by atoms with Gasteiger partial charge in [-0.3, -0.25) is 0 Å². The van der Waals surface area contributed by atoms with E-state index < -0.39 is 5.60 Å². The van der Waals surface area contributed by atoms with Gasteiger partial charge in [0.2, 0.25) is 0 Å². The lowest BCUT2D eigenvalue weighted by atomic mass is 9.98. The second-order valence-electron chi connectivity index (χ2n) is 7.60. The number of nitrogens with zero attached hydrogens (tertiary/aromatic N) is 2. The molecule has 1 aliphatic rings. The first kappa shape index (κ1) is 20.4. The number of benzene rings is 1. The molecule has 1 atom stereocenters. The highest BCUT2D eigenvalue weighted by Gasteiger charge is 2.27. The smallest absolute Gasteiger partial charge is 0.410 e. The lowest BCUT2D eigenvalue weighted by Crippen LogP contribution is -2.44. The Morgan fingerprint density at radius 1 is 1.38 bits per heavy atom. The molecule has 0 aliphatic carbocycles. The van der Waals surface area contributed by atoms with Crippen LogP contribution in [-0.2, 0) is 4.74 Å². The van der Waals surface area contributed by atoms with Crippen molar-refractivity contribution in [3.63, 3.8) is 0 Å². The third-order valence-electron chi connectivity index (χ3n) is 4.04. The molecule has 1 fully saturated rings. The quantitative estimate of drug-likeness (QED) is 0.460. The van der Waals surface area contributed by atoms with Crippen molar-refractivity contribution >= 4 is 34.9 Å². The van der Waals surface area contributed by atoms with Crippen molar-refractivity contribution < 1.29 is 9.53 Å². The first-order valence-electron chi connectivity index (χ1n) is 8.97. The van der Waals surface area contributed by atoms with Crippen molar-refractivity contribution in [2.45, 2.75) is 39.2 Å². The van der Waals surface area contributed by atoms with Gasteiger partial charge in [0.25, 0.3) is 0 Å². The summed E-state index contributed by atoms with van der Waals surface area (Å²) in [6, 6.07) is 7.73. The second-order valence-corrected chi connectivity index (χ2v) is 7.87. The van der Waals surface area contributed by atoms with E-state index in [-0.39, 0.29) is 12.0 Å². The van der Waals surface area contributed by atoms with Crippen molar-refractivity contribution in [1.82, 2.24) is 4.90 Å². The van der Waals surface area contributed by atoms with Crippen LogP contribution in [0.5, 0.6) is 0 Å². The van der Waals surface area contributed by atoms with Gasteiger partial charge in [-0.15, -0.1) is 11.6 Å². The highest BCUT2D eigenvalue weighted by atomic mass is 35.5. The Morgan fingerprint density at radius 3 is 2.69 bits per heavy atom. The summed E-state index contributed by atoms with van der Waals surface area (Å²) in [5.41, 5.74) is 6.97. The first-order valence-corrected chi connectivity index (χ1v) is 9.51. The van der Waals surface area contributed by atoms with Crippen LogP contribution in [0.3, 0.4) is 0 Å². The summed E-state index contributed by atoms with van der Waals surface area (Å²) in [5, 5.41) is 3.43. The van der Waals surface area contributed by atoms with Gasteiger partial charge in [0, 0.05) is 25.3 Å². The number of piperidine rings is 1. The number of nitrogens with one attached hydrogen (secondary N) is 1. The number of halogens is 1. The molecule has 0 saturated carbocycles. The topological polar surface area (TPSA) is 80.0 Å². The summed E-state index contributed by atoms with van der Waals surface area (Å²) in [6.07, 6.45) is 1.87. The molecule has 2 rings (SSSR count). The average molecular weight is 381 g/mol. The number of anilines is 1. The molecule has 1 unspecified atom stereocenters. The maximum atomic E-state index is 12.2. The largest absolute Gasteiger partial charge is 0.444 e. The maximum absolute atomic E-state index is 12.2. The Morgan fingerprint density at radius 2 is 2.08 bits per heavy atom. The third kappa shape index (κ3) is 6.75. The van der Waals surface area contributed by atoms with Crippen LogP contribution in [0.25, 0.3) is 0 Å². The zero-order chi connectivity index (χ0) is 19.2. The lowest BCUT2D eigenvalue weighted by Gasteiger charge is -2.34. The Balaban J connectivity index is 1.84. The van der Waals surface area contributed by atoms with E-state index in [0.717, 1.165) is 43.9 Å². The maximum Gasteiger partial charge on any atom is 0.410 e. The number of rotatable bonds is 5. The summed E-state index contributed by atoms with van der Waals surface area (Å²) < 4.78 is 5.48. The van der Waals surface area contributed by atoms with Gasteiger partial charge in [0.05, 0.1) is 11.6 Å². The van der Waals surface area contributed by atoms with E-state index in [1.807, 2.05) is 49.9 Å². The first-order chi connectivity index (χ1) is 12.3. The number of carbonyl (C=O) groups excluding carboxylic acids is 1. The molecule has 0 radical (unpaired) electrons. The van der Waals surface area contributed by atoms with Crippen LogP contribution in [0.1, 0.15) is 33.6 Å². The van der Waals surface area contributed by atoms with E-state index in [9.17, 15) is 4.79 Å². The van der Waals surface area contributed by atoms with Crippen LogP contribution in [0.15, 0.2) is 29.3 Å². The summed E-state index contributed by atoms with van der Waals surface area (Å²) in [4.78, 5) is 18.3. The number of ether oxygens (including phenoxy) is 1. The summed E-state index contributed by atoms with van der Waals surface area (Å²) in [6.45, 7) is 7.97. The van der Waals surface area contributed by atoms with Crippen LogP contribution in [0.2, 0.25) is 0 Å². The van der Waals surface area contributed by atoms with Gasteiger partial charge < -0.3 is 20.7 Å². The van der Waals surface area contributed by atoms with E-state index in [1.165, 1.54) is 0 Å². The minimum Gasteiger partial charge on any atom is -0.444 e. The van der Waals surface area contributed by atoms with E-state index in [0.29, 0.717) is 11.8 Å². The Hall–Kier alpha value is -1.95. The zero-order valence-electron chi connectivity index (χ0n) is 15.8. The number of amidine groups is 1. The predicted octanol–water partition coefficient (Wildman–Crippen LogP) is 3.97. The van der Waals surface area contributed by atoms with Crippen molar-refractivity contribution in [3.05, 3.63) is 24.3 Å². The number of likely N-dealkylation sites (tertiary alicyclic amines) is 1. The van der Waals surface area contributed by atoms with E-state index >= 15 is 0 Å². The second kappa shape index (κ2) is 9.12. The molecule has 7 heteroatoms. The minimum absolute atomic E-state index is 0.218. The van der Waals surface area contributed by atoms with Crippen molar-refractivity contribution in [1.29, 1.82) is 0 Å². The number of hydrogen-bond acceptors (Lipinski definition) is 4. The number of nitrogens with two attached hydrogens (primary N) is 1. The molecule has 0 aromatic heterocycles. The van der Waals surface area contributed by atoms with Crippen LogP contribution >= 0.6 is 11.6 Å². The Labute approximate surface area is 160 Å². The summed E-state index contributed by atoms with van der Waals surface area (Å²) >= 11 is 5.63. The van der Waals surface area contributed by atoms with Crippen LogP contribution in [-0.4, -0.2) is 47.9 Å². The van der Waals surface area contributed by atoms with E-state index in [1.54, 1.807) is 0 Å². The number of carbonyl (C=O) groups is 1. The van der Waals surface area contributed by atoms with Gasteiger partial charge in [-0.1, -0.05) is 0 Å². The highest BCUT2D eigenvalue weighted by molar-refractivity contribution is 6.28. The van der Waals surface area contributed by atoms with Crippen molar-refractivity contribution in [3.8, 4) is 0 Å². The fourth-order valence-electron chi connectivity index (χ4n) is 2.84. The molecule has 1 heterocycles. The van der Waals surface area contributed by atoms with Crippen molar-refractivity contribution in [2.24, 2.45) is 16.6 Å². The van der Waals surface area contributed by atoms with Crippen molar-refractivity contribution in [2.75, 3.05) is 30.8 Å². The molecule has 3 N–H and O–H groups in total. The van der Waals surface area contributed by atoms with Crippen LogP contribution in [0.4, 0.5) is 16.2 Å². The van der Waals surface area contributed by atoms with Gasteiger partial charge >= 0.3 is 6.09 Å². The summed E-state index contributed by atoms with van der Waals surface area (Å²) in [7, 11) is 0. The van der Waals surface area contributed by atoms with Gasteiger partial charge in [0.1, 0.15) is 11.4 Å². The molecule has 26 heavy (non-hydrogen) atoms. The Kier molecular flexibility index (Phi) is 7.14. The number of amides is 1. The molecule has 1 aliphatic heterocycles. The predicted molar refractivity (Wildman–Crippen MR) is 107 cm³/mol. The molecule has 144 valence electrons. The number of aliphatic imine (C=N–C) groups is 1. The molecule has 1 aromatic rings. The normalized spacial score (nSPS) is 18.5. The molecular weight excluding hydrogens is 352 g/mol. The van der Waals surface area contributed by atoms with Gasteiger partial charge in [-0.05, 0) is 63.8 Å². The van der Waals surface area contributed by atoms with Crippen LogP contribution in [0, 0.1) is 5.92 Å². The zero-order valence-corrected chi connectivity index (χ0v) is 16.6. The van der Waals surface area contributed by atoms with Gasteiger partial charge in [0.15, 0.2) is 0 Å². The highest BCUT2D eigenvalue weighted by Crippen LogP contribution is 2.21. The molecule has 1 aromatic carbocycles. The molecular formula is C19H29ClN4O2. The van der Waals surface area contributed by atoms with E-state index in [2.05, 4.69) is 10.3 Å². The fourth-order valence-corrected chi connectivity index (χ4v) is 2.90. The lowest BCUT2D eigenvalue weighted by molar-refractivity contribution is 0.0172. The standard InChI is InChI=1S/C19H29ClN4O2/c1-19(2,3)26-18(25)24-10-4-5-14(13-24)12-22-15-6-8-16(9-7-15)23-17(21)11-20/h6-9,14,22H,4-5,10-13H2,1-3H3,(H2,21,23). The summed E-state index contributed by atoms with van der Waals surface area (Å²) in [5.74, 6) is 1.02. The number of hydrogen-bond donors (Lipinski definition) is 2. The van der Waals surface area contributed by atoms with E-state index in [4.69, 9.17) is 22.1 Å². The molecule has 1 saturated heterocycles. The fraction of sp³-hybridized carbons (Fsp3) is 0.579. The molecule has 0 spiro atoms.